The first-order chi connectivity index (χ1) is 10.4. The van der Waals surface area contributed by atoms with Crippen molar-refractivity contribution in [2.45, 2.75) is 31.8 Å². The van der Waals surface area contributed by atoms with Gasteiger partial charge in [-0.1, -0.05) is 23.7 Å². The standard InChI is InChI=1S/C15H18ClN3O3/c1-9(20)18-13(10-4-6-11(16)7-5-10)15(22)19-8-2-3-12(19)14(17)21/h4-7,12-13H,2-3,8H2,1H3,(H2,17,21)(H,18,20)/t12-,13?/m0/s1. The zero-order chi connectivity index (χ0) is 16.3. The monoisotopic (exact) mass is 323 g/mol. The van der Waals surface area contributed by atoms with Crippen LogP contribution in [0.3, 0.4) is 0 Å². The highest BCUT2D eigenvalue weighted by Crippen LogP contribution is 2.24. The molecule has 6 nitrogen and oxygen atoms in total. The number of nitrogens with two attached hydrogens (primary N) is 1. The van der Waals surface area contributed by atoms with Crippen molar-refractivity contribution in [2.75, 3.05) is 6.54 Å². The number of amides is 3. The van der Waals surface area contributed by atoms with Gasteiger partial charge in [0, 0.05) is 18.5 Å². The summed E-state index contributed by atoms with van der Waals surface area (Å²) in [6.07, 6.45) is 1.27. The molecule has 1 unspecified atom stereocenters. The zero-order valence-corrected chi connectivity index (χ0v) is 13.0. The van der Waals surface area contributed by atoms with Crippen LogP contribution in [0.2, 0.25) is 5.02 Å². The summed E-state index contributed by atoms with van der Waals surface area (Å²) in [5.74, 6) is -1.19. The van der Waals surface area contributed by atoms with Crippen LogP contribution in [0.5, 0.6) is 0 Å². The minimum atomic E-state index is -0.852. The van der Waals surface area contributed by atoms with Crippen molar-refractivity contribution in [2.24, 2.45) is 5.73 Å². The molecule has 1 aromatic rings. The van der Waals surface area contributed by atoms with E-state index in [1.54, 1.807) is 24.3 Å². The molecule has 1 fully saturated rings. The highest BCUT2D eigenvalue weighted by Gasteiger charge is 2.36. The van der Waals surface area contributed by atoms with E-state index in [-0.39, 0.29) is 11.8 Å². The quantitative estimate of drug-likeness (QED) is 0.865. The summed E-state index contributed by atoms with van der Waals surface area (Å²) < 4.78 is 0. The second kappa shape index (κ2) is 6.79. The van der Waals surface area contributed by atoms with Crippen LogP contribution >= 0.6 is 11.6 Å². The number of likely N-dealkylation sites (tertiary alicyclic amines) is 1. The van der Waals surface area contributed by atoms with Crippen molar-refractivity contribution in [1.29, 1.82) is 0 Å². The molecule has 3 N–H and O–H groups in total. The number of hydrogen-bond acceptors (Lipinski definition) is 3. The second-order valence-electron chi connectivity index (χ2n) is 5.28. The third kappa shape index (κ3) is 3.57. The van der Waals surface area contributed by atoms with Gasteiger partial charge >= 0.3 is 0 Å². The Bertz CT molecular complexity index is 588. The molecule has 1 saturated heterocycles. The van der Waals surface area contributed by atoms with Gasteiger partial charge in [-0.3, -0.25) is 14.4 Å². The topological polar surface area (TPSA) is 92.5 Å². The van der Waals surface area contributed by atoms with Gasteiger partial charge in [-0.15, -0.1) is 0 Å². The Morgan fingerprint density at radius 2 is 1.95 bits per heavy atom. The third-order valence-corrected chi connectivity index (χ3v) is 3.91. The largest absolute Gasteiger partial charge is 0.368 e. The van der Waals surface area contributed by atoms with Crippen LogP contribution in [0.4, 0.5) is 0 Å². The predicted octanol–water partition coefficient (Wildman–Crippen LogP) is 0.993. The molecular formula is C15H18ClN3O3. The summed E-state index contributed by atoms with van der Waals surface area (Å²) in [7, 11) is 0. The number of carbonyl (C=O) groups is 3. The molecule has 0 bridgehead atoms. The van der Waals surface area contributed by atoms with Gasteiger partial charge < -0.3 is 16.0 Å². The normalized spacial score (nSPS) is 18.8. The molecule has 1 aromatic carbocycles. The number of halogens is 1. The summed E-state index contributed by atoms with van der Waals surface area (Å²) >= 11 is 5.85. The summed E-state index contributed by atoms with van der Waals surface area (Å²) in [5.41, 5.74) is 5.96. The lowest BCUT2D eigenvalue weighted by Gasteiger charge is -2.27. The molecule has 1 heterocycles. The van der Waals surface area contributed by atoms with Crippen molar-refractivity contribution in [3.05, 3.63) is 34.9 Å². The molecule has 2 rings (SSSR count). The fourth-order valence-electron chi connectivity index (χ4n) is 2.64. The SMILES string of the molecule is CC(=O)NC(C(=O)N1CCC[C@H]1C(N)=O)c1ccc(Cl)cc1. The number of nitrogens with zero attached hydrogens (tertiary/aromatic N) is 1. The highest BCUT2D eigenvalue weighted by molar-refractivity contribution is 6.30. The Labute approximate surface area is 133 Å². The van der Waals surface area contributed by atoms with E-state index in [2.05, 4.69) is 5.32 Å². The first kappa shape index (κ1) is 16.3. The average Bonchev–Trinajstić information content (AvgIpc) is 2.94. The van der Waals surface area contributed by atoms with Crippen molar-refractivity contribution >= 4 is 29.3 Å². The molecule has 22 heavy (non-hydrogen) atoms. The molecule has 1 aliphatic heterocycles. The minimum absolute atomic E-state index is 0.330. The van der Waals surface area contributed by atoms with Gasteiger partial charge in [0.25, 0.3) is 0 Å². The zero-order valence-electron chi connectivity index (χ0n) is 12.2. The lowest BCUT2D eigenvalue weighted by Crippen LogP contribution is -2.48. The van der Waals surface area contributed by atoms with Gasteiger partial charge in [-0.05, 0) is 30.5 Å². The number of rotatable bonds is 4. The van der Waals surface area contributed by atoms with Crippen LogP contribution < -0.4 is 11.1 Å². The maximum atomic E-state index is 12.8. The van der Waals surface area contributed by atoms with Crippen LogP contribution in [0.1, 0.15) is 31.4 Å². The summed E-state index contributed by atoms with van der Waals surface area (Å²) in [5, 5.41) is 3.16. The van der Waals surface area contributed by atoms with Crippen LogP contribution in [0.15, 0.2) is 24.3 Å². The Kier molecular flexibility index (Phi) is 5.03. The predicted molar refractivity (Wildman–Crippen MR) is 81.9 cm³/mol. The molecule has 7 heteroatoms. The van der Waals surface area contributed by atoms with Gasteiger partial charge in [0.05, 0.1) is 0 Å². The Morgan fingerprint density at radius 1 is 1.32 bits per heavy atom. The molecule has 1 aliphatic rings. The fourth-order valence-corrected chi connectivity index (χ4v) is 2.76. The second-order valence-corrected chi connectivity index (χ2v) is 5.71. The van der Waals surface area contributed by atoms with E-state index < -0.39 is 18.0 Å². The molecule has 0 saturated carbocycles. The number of benzene rings is 1. The van der Waals surface area contributed by atoms with Crippen LogP contribution in [0.25, 0.3) is 0 Å². The molecular weight excluding hydrogens is 306 g/mol. The van der Waals surface area contributed by atoms with Crippen molar-refractivity contribution in [1.82, 2.24) is 10.2 Å². The van der Waals surface area contributed by atoms with E-state index >= 15 is 0 Å². The molecule has 0 aliphatic carbocycles. The maximum Gasteiger partial charge on any atom is 0.250 e. The Hall–Kier alpha value is -2.08. The average molecular weight is 324 g/mol. The first-order valence-electron chi connectivity index (χ1n) is 7.02. The van der Waals surface area contributed by atoms with Gasteiger partial charge in [0.1, 0.15) is 12.1 Å². The van der Waals surface area contributed by atoms with Crippen LogP contribution in [-0.2, 0) is 14.4 Å². The van der Waals surface area contributed by atoms with Gasteiger partial charge in [-0.2, -0.15) is 0 Å². The lowest BCUT2D eigenvalue weighted by atomic mass is 10.0. The number of nitrogens with one attached hydrogen (secondary N) is 1. The smallest absolute Gasteiger partial charge is 0.250 e. The number of primary amides is 1. The summed E-state index contributed by atoms with van der Waals surface area (Å²) in [6.45, 7) is 1.79. The Morgan fingerprint density at radius 3 is 2.50 bits per heavy atom. The van der Waals surface area contributed by atoms with Crippen molar-refractivity contribution in [3.8, 4) is 0 Å². The van der Waals surface area contributed by atoms with E-state index in [1.165, 1.54) is 11.8 Å². The minimum Gasteiger partial charge on any atom is -0.368 e. The molecule has 118 valence electrons. The lowest BCUT2D eigenvalue weighted by molar-refractivity contribution is -0.140. The highest BCUT2D eigenvalue weighted by atomic mass is 35.5. The third-order valence-electron chi connectivity index (χ3n) is 3.66. The van der Waals surface area contributed by atoms with Crippen LogP contribution in [0, 0.1) is 0 Å². The molecule has 0 radical (unpaired) electrons. The van der Waals surface area contributed by atoms with Crippen molar-refractivity contribution in [3.63, 3.8) is 0 Å². The van der Waals surface area contributed by atoms with Gasteiger partial charge in [0.15, 0.2) is 0 Å². The summed E-state index contributed by atoms with van der Waals surface area (Å²) in [6, 6.07) is 5.18. The van der Waals surface area contributed by atoms with Gasteiger partial charge in [0.2, 0.25) is 17.7 Å². The van der Waals surface area contributed by atoms with Crippen molar-refractivity contribution < 1.29 is 14.4 Å². The van der Waals surface area contributed by atoms with E-state index in [0.29, 0.717) is 30.0 Å². The van der Waals surface area contributed by atoms with E-state index in [1.807, 2.05) is 0 Å². The Balaban J connectivity index is 2.28. The van der Waals surface area contributed by atoms with Crippen LogP contribution in [-0.4, -0.2) is 35.2 Å². The number of carbonyl (C=O) groups excluding carboxylic acids is 3. The maximum absolute atomic E-state index is 12.8. The fraction of sp³-hybridized carbons (Fsp3) is 0.400. The van der Waals surface area contributed by atoms with Gasteiger partial charge in [-0.25, -0.2) is 0 Å². The summed E-state index contributed by atoms with van der Waals surface area (Å²) in [4.78, 5) is 37.1. The molecule has 2 atom stereocenters. The van der Waals surface area contributed by atoms with E-state index in [0.717, 1.165) is 0 Å². The molecule has 0 aromatic heterocycles. The van der Waals surface area contributed by atoms with E-state index in [9.17, 15) is 14.4 Å². The first-order valence-corrected chi connectivity index (χ1v) is 7.40. The number of hydrogen-bond donors (Lipinski definition) is 2. The molecule has 0 spiro atoms. The molecule has 3 amide bonds. The van der Waals surface area contributed by atoms with E-state index in [4.69, 9.17) is 17.3 Å².